The van der Waals surface area contributed by atoms with Crippen LogP contribution in [0.15, 0.2) is 35.4 Å². The molecule has 15 heavy (non-hydrogen) atoms. The molecule has 1 aromatic rings. The molecule has 0 heterocycles. The molecule has 0 aliphatic heterocycles. The molecule has 3 N–H and O–H groups in total. The van der Waals surface area contributed by atoms with Gasteiger partial charge in [-0.2, -0.15) is 5.10 Å². The minimum absolute atomic E-state index is 0.0885. The zero-order valence-electron chi connectivity index (χ0n) is 7.85. The molecule has 0 atom stereocenters. The first-order valence-electron chi connectivity index (χ1n) is 4.20. The Morgan fingerprint density at radius 3 is 2.87 bits per heavy atom. The van der Waals surface area contributed by atoms with Gasteiger partial charge in [0.2, 0.25) is 0 Å². The van der Waals surface area contributed by atoms with Crippen LogP contribution in [0, 0.1) is 5.82 Å². The summed E-state index contributed by atoms with van der Waals surface area (Å²) in [7, 11) is 0. The van der Waals surface area contributed by atoms with Crippen LogP contribution in [-0.2, 0) is 0 Å². The largest absolute Gasteiger partial charge is 0.375 e. The van der Waals surface area contributed by atoms with Crippen molar-refractivity contribution in [1.82, 2.24) is 5.43 Å². The predicted octanol–water partition coefficient (Wildman–Crippen LogP) is 1.66. The van der Waals surface area contributed by atoms with Crippen molar-refractivity contribution in [1.29, 1.82) is 0 Å². The monoisotopic (exact) mass is 223 g/mol. The second kappa shape index (κ2) is 5.87. The number of allylic oxidation sites excluding steroid dienone is 1. The molecule has 1 aromatic carbocycles. The lowest BCUT2D eigenvalue weighted by Gasteiger charge is -1.93. The Labute approximate surface area is 92.5 Å². The molecule has 0 aliphatic carbocycles. The molecule has 0 unspecified atom stereocenters. The molecule has 0 aromatic heterocycles. The van der Waals surface area contributed by atoms with Gasteiger partial charge in [-0.05, 0) is 24.4 Å². The van der Waals surface area contributed by atoms with E-state index in [2.05, 4.69) is 22.7 Å². The fraction of sp³-hybridized carbons (Fsp3) is 0. The molecule has 0 aliphatic rings. The van der Waals surface area contributed by atoms with Gasteiger partial charge in [0.05, 0.1) is 0 Å². The van der Waals surface area contributed by atoms with E-state index >= 15 is 0 Å². The van der Waals surface area contributed by atoms with Crippen molar-refractivity contribution in [2.45, 2.75) is 0 Å². The quantitative estimate of drug-likeness (QED) is 0.465. The van der Waals surface area contributed by atoms with Crippen LogP contribution in [-0.4, -0.2) is 11.3 Å². The molecule has 0 spiro atoms. The number of nitrogens with zero attached hydrogens (tertiary/aromatic N) is 1. The second-order valence-electron chi connectivity index (χ2n) is 2.63. The summed E-state index contributed by atoms with van der Waals surface area (Å²) in [5, 5.41) is 3.75. The number of benzene rings is 1. The molecular formula is C10H10FN3S. The predicted molar refractivity (Wildman–Crippen MR) is 63.8 cm³/mol. The Balaban J connectivity index is 2.55. The lowest BCUT2D eigenvalue weighted by molar-refractivity contribution is 0.625. The summed E-state index contributed by atoms with van der Waals surface area (Å²) in [6.45, 7) is 0. The zero-order valence-corrected chi connectivity index (χ0v) is 8.67. The average molecular weight is 223 g/mol. The average Bonchev–Trinajstić information content (AvgIpc) is 2.20. The summed E-state index contributed by atoms with van der Waals surface area (Å²) < 4.78 is 13.1. The van der Waals surface area contributed by atoms with Crippen LogP contribution in [0.2, 0.25) is 0 Å². The maximum Gasteiger partial charge on any atom is 0.184 e. The van der Waals surface area contributed by atoms with Gasteiger partial charge in [0, 0.05) is 11.8 Å². The van der Waals surface area contributed by atoms with Crippen molar-refractivity contribution in [3.63, 3.8) is 0 Å². The lowest BCUT2D eigenvalue weighted by Crippen LogP contribution is -2.23. The number of thiocarbonyl (C=S) groups is 1. The van der Waals surface area contributed by atoms with Crippen LogP contribution in [0.5, 0.6) is 0 Å². The number of hydrazone groups is 1. The zero-order chi connectivity index (χ0) is 11.1. The van der Waals surface area contributed by atoms with E-state index in [-0.39, 0.29) is 10.9 Å². The summed E-state index contributed by atoms with van der Waals surface area (Å²) >= 11 is 4.53. The number of hydrogen-bond donors (Lipinski definition) is 2. The Kier molecular flexibility index (Phi) is 4.43. The number of nitrogens with two attached hydrogens (primary N) is 1. The van der Waals surface area contributed by atoms with Gasteiger partial charge in [-0.3, -0.25) is 5.43 Å². The van der Waals surface area contributed by atoms with Gasteiger partial charge in [0.15, 0.2) is 5.11 Å². The first kappa shape index (κ1) is 11.3. The van der Waals surface area contributed by atoms with E-state index in [0.717, 1.165) is 0 Å². The Morgan fingerprint density at radius 1 is 1.47 bits per heavy atom. The fourth-order valence-corrected chi connectivity index (χ4v) is 0.954. The van der Waals surface area contributed by atoms with Crippen LogP contribution in [0.25, 0.3) is 6.08 Å². The maximum absolute atomic E-state index is 13.1. The highest BCUT2D eigenvalue weighted by molar-refractivity contribution is 7.80. The van der Waals surface area contributed by atoms with Crippen LogP contribution >= 0.6 is 12.2 Å². The molecule has 3 nitrogen and oxygen atoms in total. The molecule has 0 saturated carbocycles. The highest BCUT2D eigenvalue weighted by Gasteiger charge is 1.93. The van der Waals surface area contributed by atoms with E-state index in [4.69, 9.17) is 5.73 Å². The Bertz CT molecular complexity index is 401. The van der Waals surface area contributed by atoms with E-state index in [1.54, 1.807) is 30.4 Å². The summed E-state index contributed by atoms with van der Waals surface area (Å²) in [4.78, 5) is 0. The molecule has 0 fully saturated rings. The number of hydrogen-bond acceptors (Lipinski definition) is 2. The Hall–Kier alpha value is -1.75. The molecule has 78 valence electrons. The lowest BCUT2D eigenvalue weighted by atomic mass is 10.2. The van der Waals surface area contributed by atoms with Gasteiger partial charge in [-0.15, -0.1) is 0 Å². The summed E-state index contributed by atoms with van der Waals surface area (Å²) in [5.74, 6) is -0.274. The third kappa shape index (κ3) is 4.33. The molecular weight excluding hydrogens is 213 g/mol. The van der Waals surface area contributed by atoms with Gasteiger partial charge in [-0.1, -0.05) is 24.3 Å². The SMILES string of the molecule is NC(=S)NN=C/C=C/c1ccccc1F. The van der Waals surface area contributed by atoms with Crippen molar-refractivity contribution in [3.8, 4) is 0 Å². The van der Waals surface area contributed by atoms with Crippen LogP contribution < -0.4 is 11.2 Å². The summed E-state index contributed by atoms with van der Waals surface area (Å²) in [6, 6.07) is 6.45. The number of halogens is 1. The molecule has 0 saturated heterocycles. The Morgan fingerprint density at radius 2 is 2.20 bits per heavy atom. The van der Waals surface area contributed by atoms with Gasteiger partial charge in [0.25, 0.3) is 0 Å². The van der Waals surface area contributed by atoms with Gasteiger partial charge < -0.3 is 5.73 Å². The first-order chi connectivity index (χ1) is 7.20. The first-order valence-corrected chi connectivity index (χ1v) is 4.60. The molecule has 0 amide bonds. The van der Waals surface area contributed by atoms with Crippen molar-refractivity contribution in [3.05, 3.63) is 41.7 Å². The van der Waals surface area contributed by atoms with Crippen LogP contribution in [0.4, 0.5) is 4.39 Å². The highest BCUT2D eigenvalue weighted by Crippen LogP contribution is 2.07. The third-order valence-corrected chi connectivity index (χ3v) is 1.61. The van der Waals surface area contributed by atoms with Crippen molar-refractivity contribution >= 4 is 29.6 Å². The number of rotatable bonds is 3. The van der Waals surface area contributed by atoms with E-state index < -0.39 is 0 Å². The smallest absolute Gasteiger partial charge is 0.184 e. The minimum Gasteiger partial charge on any atom is -0.375 e. The molecule has 0 bridgehead atoms. The van der Waals surface area contributed by atoms with Crippen molar-refractivity contribution < 1.29 is 4.39 Å². The van der Waals surface area contributed by atoms with Crippen molar-refractivity contribution in [2.75, 3.05) is 0 Å². The van der Waals surface area contributed by atoms with E-state index in [0.29, 0.717) is 5.56 Å². The maximum atomic E-state index is 13.1. The highest BCUT2D eigenvalue weighted by atomic mass is 32.1. The van der Waals surface area contributed by atoms with Gasteiger partial charge in [-0.25, -0.2) is 4.39 Å². The van der Waals surface area contributed by atoms with E-state index in [1.165, 1.54) is 12.3 Å². The normalized spacial score (nSPS) is 11.0. The minimum atomic E-state index is -0.274. The summed E-state index contributed by atoms with van der Waals surface area (Å²) in [6.07, 6.45) is 4.62. The fourth-order valence-electron chi connectivity index (χ4n) is 0.901. The molecule has 1 rings (SSSR count). The van der Waals surface area contributed by atoms with Crippen LogP contribution in [0.1, 0.15) is 5.56 Å². The van der Waals surface area contributed by atoms with Gasteiger partial charge in [0.1, 0.15) is 5.82 Å². The van der Waals surface area contributed by atoms with Crippen LogP contribution in [0.3, 0.4) is 0 Å². The molecule has 5 heteroatoms. The van der Waals surface area contributed by atoms with Gasteiger partial charge >= 0.3 is 0 Å². The topological polar surface area (TPSA) is 50.4 Å². The third-order valence-electron chi connectivity index (χ3n) is 1.52. The van der Waals surface area contributed by atoms with Crippen molar-refractivity contribution in [2.24, 2.45) is 10.8 Å². The molecule has 0 radical (unpaired) electrons. The van der Waals surface area contributed by atoms with E-state index in [9.17, 15) is 4.39 Å². The summed E-state index contributed by atoms with van der Waals surface area (Å²) in [5.41, 5.74) is 8.01. The standard InChI is InChI=1S/C10H10FN3S/c11-9-6-2-1-4-8(9)5-3-7-13-14-10(12)15/h1-7H,(H3,12,14,15)/b5-3+,13-7?. The van der Waals surface area contributed by atoms with E-state index in [1.807, 2.05) is 0 Å². The second-order valence-corrected chi connectivity index (χ2v) is 3.07. The number of nitrogens with one attached hydrogen (secondary N) is 1.